The van der Waals surface area contributed by atoms with Gasteiger partial charge in [0, 0.05) is 5.54 Å². The van der Waals surface area contributed by atoms with Crippen molar-refractivity contribution < 1.29 is 0 Å². The Labute approximate surface area is 73.6 Å². The average Bonchev–Trinajstić information content (AvgIpc) is 2.44. The summed E-state index contributed by atoms with van der Waals surface area (Å²) in [5.41, 5.74) is 3.75. The van der Waals surface area contributed by atoms with E-state index in [1.807, 2.05) is 5.54 Å². The molecule has 0 aliphatic heterocycles. The molecule has 2 atom stereocenters. The second kappa shape index (κ2) is 2.26. The van der Waals surface area contributed by atoms with E-state index in [0.717, 1.165) is 11.8 Å². The molecule has 0 spiro atoms. The van der Waals surface area contributed by atoms with Crippen molar-refractivity contribution in [2.24, 2.45) is 17.3 Å². The van der Waals surface area contributed by atoms with Gasteiger partial charge in [-0.3, -0.25) is 0 Å². The van der Waals surface area contributed by atoms with Crippen molar-refractivity contribution in [1.82, 2.24) is 0 Å². The van der Waals surface area contributed by atoms with E-state index in [1.54, 1.807) is 0 Å². The van der Waals surface area contributed by atoms with Gasteiger partial charge in [-0.05, 0) is 42.1 Å². The molecule has 2 aliphatic rings. The molecule has 0 nitrogen and oxygen atoms in total. The number of halogens is 1. The van der Waals surface area contributed by atoms with Crippen molar-refractivity contribution in [2.75, 3.05) is 0 Å². The molecule has 2 aliphatic carbocycles. The smallest absolute Gasteiger partial charge is 0.00428 e. The Morgan fingerprint density at radius 3 is 2.55 bits per heavy atom. The van der Waals surface area contributed by atoms with E-state index in [2.05, 4.69) is 13.8 Å². The lowest BCUT2D eigenvalue weighted by atomic mass is 9.73. The number of hydrogen-bond donors (Lipinski definition) is 0. The second-order valence-corrected chi connectivity index (χ2v) is 4.71. The van der Waals surface area contributed by atoms with Crippen LogP contribution in [0.5, 0.6) is 0 Å². The predicted molar refractivity (Wildman–Crippen MR) is 48.5 cm³/mol. The van der Waals surface area contributed by atoms with Gasteiger partial charge in [-0.1, -0.05) is 25.4 Å². The summed E-state index contributed by atoms with van der Waals surface area (Å²) < 4.78 is 0. The van der Waals surface area contributed by atoms with Crippen LogP contribution in [-0.4, -0.2) is 0 Å². The monoisotopic (exact) mass is 170 g/mol. The Morgan fingerprint density at radius 1 is 1.45 bits per heavy atom. The molecule has 0 amide bonds. The zero-order valence-electron chi connectivity index (χ0n) is 7.23. The van der Waals surface area contributed by atoms with Crippen LogP contribution in [0.3, 0.4) is 0 Å². The number of rotatable bonds is 0. The third kappa shape index (κ3) is 0.885. The lowest BCUT2D eigenvalue weighted by Gasteiger charge is -2.32. The molecule has 2 rings (SSSR count). The molecule has 0 radical (unpaired) electrons. The van der Waals surface area contributed by atoms with Gasteiger partial charge in [-0.15, -0.1) is 0 Å². The van der Waals surface area contributed by atoms with Crippen LogP contribution in [0.4, 0.5) is 0 Å². The van der Waals surface area contributed by atoms with Gasteiger partial charge < -0.3 is 0 Å². The highest BCUT2D eigenvalue weighted by atomic mass is 35.5. The summed E-state index contributed by atoms with van der Waals surface area (Å²) in [5, 5.41) is 0. The largest absolute Gasteiger partial charge is 0.0930 e. The molecule has 0 heterocycles. The van der Waals surface area contributed by atoms with Crippen LogP contribution >= 0.6 is 11.6 Å². The Hall–Kier alpha value is 0.0300. The maximum Gasteiger partial charge on any atom is 0.00428 e. The maximum atomic E-state index is 5.82. The molecule has 2 fully saturated rings. The first-order valence-corrected chi connectivity index (χ1v) is 4.90. The molecule has 0 saturated heterocycles. The molecule has 11 heavy (non-hydrogen) atoms. The molecule has 2 saturated carbocycles. The molecular weight excluding hydrogens is 156 g/mol. The summed E-state index contributed by atoms with van der Waals surface area (Å²) in [4.78, 5) is 0. The van der Waals surface area contributed by atoms with Gasteiger partial charge in [-0.25, -0.2) is 0 Å². The summed E-state index contributed by atoms with van der Waals surface area (Å²) in [6.07, 6.45) is 4.20. The highest BCUT2D eigenvalue weighted by Gasteiger charge is 2.48. The minimum atomic E-state index is 0.407. The van der Waals surface area contributed by atoms with Crippen LogP contribution in [0.2, 0.25) is 0 Å². The van der Waals surface area contributed by atoms with Gasteiger partial charge in [0.1, 0.15) is 0 Å². The fourth-order valence-electron chi connectivity index (χ4n) is 2.91. The van der Waals surface area contributed by atoms with Crippen LogP contribution < -0.4 is 0 Å². The number of allylic oxidation sites excluding steroid dienone is 1. The zero-order chi connectivity index (χ0) is 8.06. The van der Waals surface area contributed by atoms with Crippen LogP contribution in [0, 0.1) is 17.3 Å². The third-order valence-electron chi connectivity index (χ3n) is 3.75. The van der Waals surface area contributed by atoms with Gasteiger partial charge in [0.05, 0.1) is 0 Å². The summed E-state index contributed by atoms with van der Waals surface area (Å²) >= 11 is 5.82. The molecule has 62 valence electrons. The highest BCUT2D eigenvalue weighted by Crippen LogP contribution is 2.58. The first kappa shape index (κ1) is 7.67. The Balaban J connectivity index is 2.36. The van der Waals surface area contributed by atoms with E-state index in [-0.39, 0.29) is 0 Å². The number of fused-ring (bicyclic) bond motifs is 2. The normalized spacial score (nSPS) is 43.7. The molecule has 0 N–H and O–H groups in total. The minimum Gasteiger partial charge on any atom is -0.0930 e. The molecule has 0 aromatic rings. The van der Waals surface area contributed by atoms with Crippen LogP contribution in [-0.2, 0) is 0 Å². The Kier molecular flexibility index (Phi) is 1.57. The van der Waals surface area contributed by atoms with Crippen molar-refractivity contribution in [1.29, 1.82) is 0 Å². The molecular formula is C10H15Cl. The van der Waals surface area contributed by atoms with Crippen molar-refractivity contribution in [2.45, 2.75) is 33.1 Å². The lowest BCUT2D eigenvalue weighted by Crippen LogP contribution is -2.22. The first-order chi connectivity index (χ1) is 5.16. The van der Waals surface area contributed by atoms with E-state index in [9.17, 15) is 0 Å². The Morgan fingerprint density at radius 2 is 2.18 bits per heavy atom. The van der Waals surface area contributed by atoms with Crippen LogP contribution in [0.1, 0.15) is 33.1 Å². The first-order valence-electron chi connectivity index (χ1n) is 4.47. The number of hydrogen-bond acceptors (Lipinski definition) is 0. The van der Waals surface area contributed by atoms with Gasteiger partial charge in [0.25, 0.3) is 0 Å². The quantitative estimate of drug-likeness (QED) is 0.522. The fourth-order valence-corrected chi connectivity index (χ4v) is 3.37. The standard InChI is InChI=1S/C10H15Cl/c1-10(2)8-4-3-7(5-8)9(10)6-11/h6-8H,3-5H2,1-2H3/b9-6-. The van der Waals surface area contributed by atoms with Gasteiger partial charge in [-0.2, -0.15) is 0 Å². The summed E-state index contributed by atoms with van der Waals surface area (Å²) in [6, 6.07) is 0. The van der Waals surface area contributed by atoms with E-state index < -0.39 is 0 Å². The minimum absolute atomic E-state index is 0.407. The second-order valence-electron chi connectivity index (χ2n) is 4.49. The average molecular weight is 171 g/mol. The molecule has 0 aromatic carbocycles. The molecule has 0 aromatic heterocycles. The lowest BCUT2D eigenvalue weighted by molar-refractivity contribution is 0.288. The van der Waals surface area contributed by atoms with Crippen molar-refractivity contribution >= 4 is 11.6 Å². The molecule has 2 unspecified atom stereocenters. The third-order valence-corrected chi connectivity index (χ3v) is 3.99. The van der Waals surface area contributed by atoms with Crippen molar-refractivity contribution in [3.63, 3.8) is 0 Å². The van der Waals surface area contributed by atoms with Gasteiger partial charge in [0.15, 0.2) is 0 Å². The van der Waals surface area contributed by atoms with Crippen molar-refractivity contribution in [3.8, 4) is 0 Å². The van der Waals surface area contributed by atoms with E-state index in [4.69, 9.17) is 11.6 Å². The zero-order valence-corrected chi connectivity index (χ0v) is 7.99. The summed E-state index contributed by atoms with van der Waals surface area (Å²) in [6.45, 7) is 4.68. The topological polar surface area (TPSA) is 0 Å². The molecule has 2 bridgehead atoms. The van der Waals surface area contributed by atoms with Crippen LogP contribution in [0.25, 0.3) is 0 Å². The predicted octanol–water partition coefficient (Wildman–Crippen LogP) is 3.57. The van der Waals surface area contributed by atoms with E-state index in [0.29, 0.717) is 5.41 Å². The van der Waals surface area contributed by atoms with Crippen molar-refractivity contribution in [3.05, 3.63) is 11.1 Å². The van der Waals surface area contributed by atoms with Gasteiger partial charge in [0.2, 0.25) is 0 Å². The fraction of sp³-hybridized carbons (Fsp3) is 0.800. The van der Waals surface area contributed by atoms with E-state index in [1.165, 1.54) is 24.8 Å². The highest BCUT2D eigenvalue weighted by molar-refractivity contribution is 6.25. The maximum absolute atomic E-state index is 5.82. The molecule has 1 heteroatoms. The van der Waals surface area contributed by atoms with Gasteiger partial charge >= 0.3 is 0 Å². The Bertz CT molecular complexity index is 203. The van der Waals surface area contributed by atoms with E-state index >= 15 is 0 Å². The summed E-state index contributed by atoms with van der Waals surface area (Å²) in [7, 11) is 0. The summed E-state index contributed by atoms with van der Waals surface area (Å²) in [5.74, 6) is 1.74. The van der Waals surface area contributed by atoms with Crippen LogP contribution in [0.15, 0.2) is 11.1 Å². The SMILES string of the molecule is CC1(C)/C(=C\Cl)C2CCC1C2.